The van der Waals surface area contributed by atoms with Crippen LogP contribution in [0, 0.1) is 5.92 Å². The fourth-order valence-corrected chi connectivity index (χ4v) is 1.99. The highest BCUT2D eigenvalue weighted by molar-refractivity contribution is 6.68. The van der Waals surface area contributed by atoms with E-state index in [0.717, 1.165) is 20.8 Å². The Balaban J connectivity index is 5.22. The Hall–Kier alpha value is -0.850. The van der Waals surface area contributed by atoms with Crippen LogP contribution >= 0.6 is 34.8 Å². The van der Waals surface area contributed by atoms with E-state index in [1.807, 2.05) is 5.32 Å². The van der Waals surface area contributed by atoms with Gasteiger partial charge in [-0.25, -0.2) is 4.79 Å². The van der Waals surface area contributed by atoms with E-state index in [9.17, 15) is 19.2 Å². The second-order valence-electron chi connectivity index (χ2n) is 3.87. The van der Waals surface area contributed by atoms with Crippen molar-refractivity contribution in [3.63, 3.8) is 0 Å². The molecule has 1 unspecified atom stereocenters. The van der Waals surface area contributed by atoms with Gasteiger partial charge in [0.1, 0.15) is 17.5 Å². The number of ketones is 2. The first-order valence-corrected chi connectivity index (χ1v) is 6.26. The van der Waals surface area contributed by atoms with E-state index >= 15 is 0 Å². The number of carbonyl (C=O) groups excluding carboxylic acids is 4. The molecular weight excluding hydrogens is 318 g/mol. The number of amides is 3. The monoisotopic (exact) mass is 330 g/mol. The third kappa shape index (κ3) is 6.22. The minimum atomic E-state index is -2.09. The number of hydrogen-bond donors (Lipinski definition) is 2. The number of urea groups is 1. The summed E-state index contributed by atoms with van der Waals surface area (Å²) in [5, 5.41) is 4.03. The second-order valence-corrected chi connectivity index (χ2v) is 6.24. The van der Waals surface area contributed by atoms with Gasteiger partial charge < -0.3 is 5.32 Å². The van der Waals surface area contributed by atoms with Crippen LogP contribution in [-0.4, -0.2) is 33.3 Å². The molecule has 0 saturated carbocycles. The van der Waals surface area contributed by atoms with Gasteiger partial charge in [0, 0.05) is 6.92 Å². The zero-order valence-electron chi connectivity index (χ0n) is 10.4. The van der Waals surface area contributed by atoms with E-state index in [-0.39, 0.29) is 0 Å². The smallest absolute Gasteiger partial charge is 0.321 e. The molecule has 0 radical (unpaired) electrons. The van der Waals surface area contributed by atoms with Crippen LogP contribution in [0.3, 0.4) is 0 Å². The summed E-state index contributed by atoms with van der Waals surface area (Å²) in [5.41, 5.74) is 0. The highest BCUT2D eigenvalue weighted by Crippen LogP contribution is 2.34. The lowest BCUT2D eigenvalue weighted by Gasteiger charge is -2.29. The van der Waals surface area contributed by atoms with Crippen molar-refractivity contribution in [3.05, 3.63) is 0 Å². The van der Waals surface area contributed by atoms with Crippen LogP contribution in [0.1, 0.15) is 20.8 Å². The summed E-state index contributed by atoms with van der Waals surface area (Å²) in [6, 6.07) is -2.34. The first-order chi connectivity index (χ1) is 8.46. The van der Waals surface area contributed by atoms with E-state index in [1.54, 1.807) is 0 Å². The first-order valence-electron chi connectivity index (χ1n) is 5.12. The molecule has 6 nitrogen and oxygen atoms in total. The molecule has 2 N–H and O–H groups in total. The molecule has 9 heteroatoms. The van der Waals surface area contributed by atoms with Gasteiger partial charge in [0.05, 0.1) is 6.04 Å². The normalized spacial score (nSPS) is 12.8. The molecule has 19 heavy (non-hydrogen) atoms. The fraction of sp³-hybridized carbons (Fsp3) is 0.600. The molecule has 108 valence electrons. The zero-order valence-corrected chi connectivity index (χ0v) is 12.7. The number of carbonyl (C=O) groups is 4. The lowest BCUT2D eigenvalue weighted by atomic mass is 9.93. The number of imide groups is 1. The Labute approximate surface area is 125 Å². The quantitative estimate of drug-likeness (QED) is 0.601. The maximum atomic E-state index is 11.4. The van der Waals surface area contributed by atoms with Crippen LogP contribution in [0.25, 0.3) is 0 Å². The average molecular weight is 332 g/mol. The van der Waals surface area contributed by atoms with E-state index in [1.165, 1.54) is 0 Å². The topological polar surface area (TPSA) is 92.3 Å². The molecule has 0 fully saturated rings. The Morgan fingerprint density at radius 1 is 0.947 bits per heavy atom. The molecule has 0 saturated heterocycles. The highest BCUT2D eigenvalue weighted by atomic mass is 35.6. The van der Waals surface area contributed by atoms with E-state index < -0.39 is 39.3 Å². The van der Waals surface area contributed by atoms with Gasteiger partial charge in [0.15, 0.2) is 0 Å². The van der Waals surface area contributed by atoms with Crippen LogP contribution in [0.15, 0.2) is 0 Å². The molecule has 0 aliphatic carbocycles. The van der Waals surface area contributed by atoms with Crippen LogP contribution in [-0.2, 0) is 14.4 Å². The maximum absolute atomic E-state index is 11.4. The third-order valence-electron chi connectivity index (χ3n) is 2.14. The van der Waals surface area contributed by atoms with E-state index in [0.29, 0.717) is 0 Å². The lowest BCUT2D eigenvalue weighted by Crippen LogP contribution is -2.55. The predicted octanol–water partition coefficient (Wildman–Crippen LogP) is 1.37. The van der Waals surface area contributed by atoms with Gasteiger partial charge in [0.2, 0.25) is 9.70 Å². The first kappa shape index (κ1) is 18.1. The van der Waals surface area contributed by atoms with Crippen LogP contribution in [0.4, 0.5) is 4.79 Å². The minimum absolute atomic E-state index is 0.563. The second kappa shape index (κ2) is 7.07. The van der Waals surface area contributed by atoms with Crippen molar-refractivity contribution in [3.8, 4) is 0 Å². The van der Waals surface area contributed by atoms with Crippen molar-refractivity contribution in [1.29, 1.82) is 0 Å². The van der Waals surface area contributed by atoms with Gasteiger partial charge >= 0.3 is 6.03 Å². The Morgan fingerprint density at radius 2 is 1.37 bits per heavy atom. The van der Waals surface area contributed by atoms with Gasteiger partial charge in [-0.1, -0.05) is 34.8 Å². The SMILES string of the molecule is CC(=O)NC(=O)NC(C(C(C)=O)C(C)=O)C(Cl)(Cl)Cl. The van der Waals surface area contributed by atoms with Crippen molar-refractivity contribution >= 4 is 58.3 Å². The van der Waals surface area contributed by atoms with Gasteiger partial charge in [-0.2, -0.15) is 0 Å². The number of nitrogens with one attached hydrogen (secondary N) is 2. The van der Waals surface area contributed by atoms with Crippen molar-refractivity contribution in [1.82, 2.24) is 10.6 Å². The van der Waals surface area contributed by atoms with Gasteiger partial charge in [-0.3, -0.25) is 19.7 Å². The molecule has 0 aliphatic heterocycles. The van der Waals surface area contributed by atoms with Gasteiger partial charge in [-0.15, -0.1) is 0 Å². The summed E-state index contributed by atoms with van der Waals surface area (Å²) >= 11 is 17.0. The third-order valence-corrected chi connectivity index (χ3v) is 2.84. The number of rotatable bonds is 4. The number of hydrogen-bond acceptors (Lipinski definition) is 4. The summed E-state index contributed by atoms with van der Waals surface area (Å²) < 4.78 is -2.09. The Bertz CT molecular complexity index is 392. The van der Waals surface area contributed by atoms with Crippen LogP contribution in [0.5, 0.6) is 0 Å². The van der Waals surface area contributed by atoms with Crippen LogP contribution < -0.4 is 10.6 Å². The molecule has 0 spiro atoms. The molecule has 0 aromatic heterocycles. The molecule has 0 aromatic carbocycles. The summed E-state index contributed by atoms with van der Waals surface area (Å²) in [6.07, 6.45) is 0. The minimum Gasteiger partial charge on any atom is -0.330 e. The maximum Gasteiger partial charge on any atom is 0.321 e. The summed E-state index contributed by atoms with van der Waals surface area (Å²) in [5.74, 6) is -3.08. The Morgan fingerprint density at radius 3 is 1.63 bits per heavy atom. The molecule has 3 amide bonds. The molecule has 0 rings (SSSR count). The summed E-state index contributed by atoms with van der Waals surface area (Å²) in [7, 11) is 0. The van der Waals surface area contributed by atoms with Crippen molar-refractivity contribution < 1.29 is 19.2 Å². The van der Waals surface area contributed by atoms with Crippen LogP contribution in [0.2, 0.25) is 0 Å². The lowest BCUT2D eigenvalue weighted by molar-refractivity contribution is -0.131. The molecule has 0 aromatic rings. The van der Waals surface area contributed by atoms with Crippen molar-refractivity contribution in [2.75, 3.05) is 0 Å². The summed E-state index contributed by atoms with van der Waals surface area (Å²) in [6.45, 7) is 3.39. The molecular formula is C10H13Cl3N2O4. The van der Waals surface area contributed by atoms with Gasteiger partial charge in [0.25, 0.3) is 0 Å². The highest BCUT2D eigenvalue weighted by Gasteiger charge is 2.44. The fourth-order valence-electron chi connectivity index (χ4n) is 1.45. The Kier molecular flexibility index (Phi) is 6.76. The van der Waals surface area contributed by atoms with E-state index in [4.69, 9.17) is 34.8 Å². The molecule has 0 aliphatic rings. The van der Waals surface area contributed by atoms with E-state index in [2.05, 4.69) is 5.32 Å². The molecule has 0 heterocycles. The number of alkyl halides is 3. The molecule has 1 atom stereocenters. The van der Waals surface area contributed by atoms with Gasteiger partial charge in [-0.05, 0) is 13.8 Å². The summed E-state index contributed by atoms with van der Waals surface area (Å²) in [4.78, 5) is 45.0. The largest absolute Gasteiger partial charge is 0.330 e. The standard InChI is InChI=1S/C10H13Cl3N2O4/c1-4(16)7(5(2)17)8(10(11,12)13)15-9(19)14-6(3)18/h7-8H,1-3H3,(H2,14,15,18,19). The average Bonchev–Trinajstić information content (AvgIpc) is 2.12. The molecule has 0 bridgehead atoms. The van der Waals surface area contributed by atoms with Crippen molar-refractivity contribution in [2.45, 2.75) is 30.6 Å². The number of Topliss-reactive ketones (excluding diaryl/α,β-unsaturated/α-hetero) is 2. The predicted molar refractivity (Wildman–Crippen MR) is 71.3 cm³/mol. The zero-order chi connectivity index (χ0) is 15.4. The van der Waals surface area contributed by atoms with Crippen molar-refractivity contribution in [2.24, 2.45) is 5.92 Å². The number of halogens is 3.